The fraction of sp³-hybridized carbons (Fsp3) is 0.125. The number of hydrogen-bond acceptors (Lipinski definition) is 5. The molecule has 5 heteroatoms. The van der Waals surface area contributed by atoms with E-state index in [1.54, 1.807) is 30.4 Å². The molecule has 21 heavy (non-hydrogen) atoms. The molecule has 0 bridgehead atoms. The van der Waals surface area contributed by atoms with E-state index in [4.69, 9.17) is 9.47 Å². The van der Waals surface area contributed by atoms with Gasteiger partial charge in [-0.05, 0) is 24.3 Å². The average molecular weight is 286 g/mol. The molecule has 5 nitrogen and oxygen atoms in total. The van der Waals surface area contributed by atoms with Crippen molar-refractivity contribution in [3.05, 3.63) is 47.5 Å². The molecule has 0 aromatic heterocycles. The van der Waals surface area contributed by atoms with Crippen LogP contribution in [0.15, 0.2) is 36.4 Å². The van der Waals surface area contributed by atoms with E-state index in [1.807, 2.05) is 0 Å². The van der Waals surface area contributed by atoms with Crippen LogP contribution in [-0.4, -0.2) is 22.4 Å². The maximum Gasteiger partial charge on any atom is 0.160 e. The second-order valence-corrected chi connectivity index (χ2v) is 4.71. The van der Waals surface area contributed by atoms with Crippen LogP contribution in [0.3, 0.4) is 0 Å². The van der Waals surface area contributed by atoms with E-state index in [0.717, 1.165) is 5.56 Å². The van der Waals surface area contributed by atoms with Crippen LogP contribution in [-0.2, 0) is 0 Å². The van der Waals surface area contributed by atoms with Gasteiger partial charge in [0.2, 0.25) is 0 Å². The van der Waals surface area contributed by atoms with Gasteiger partial charge in [-0.1, -0.05) is 6.07 Å². The Morgan fingerprint density at radius 3 is 2.57 bits per heavy atom. The maximum atomic E-state index is 9.82. The van der Waals surface area contributed by atoms with Crippen molar-refractivity contribution in [1.82, 2.24) is 0 Å². The molecule has 0 saturated heterocycles. The Morgan fingerprint density at radius 2 is 1.86 bits per heavy atom. The number of phenolic OH excluding ortho intramolecular Hbond substituents is 3. The zero-order valence-corrected chi connectivity index (χ0v) is 11.3. The molecule has 1 aliphatic heterocycles. The monoisotopic (exact) mass is 286 g/mol. The van der Waals surface area contributed by atoms with Crippen LogP contribution in [0.1, 0.15) is 17.2 Å². The van der Waals surface area contributed by atoms with Gasteiger partial charge >= 0.3 is 0 Å². The highest BCUT2D eigenvalue weighted by Crippen LogP contribution is 2.41. The minimum Gasteiger partial charge on any atom is -0.508 e. The van der Waals surface area contributed by atoms with E-state index in [0.29, 0.717) is 17.1 Å². The van der Waals surface area contributed by atoms with Gasteiger partial charge in [0.25, 0.3) is 0 Å². The fourth-order valence-electron chi connectivity index (χ4n) is 2.29. The van der Waals surface area contributed by atoms with E-state index in [2.05, 4.69) is 0 Å². The Hall–Kier alpha value is -2.82. The Bertz CT molecular complexity index is 721. The van der Waals surface area contributed by atoms with E-state index in [9.17, 15) is 15.3 Å². The first-order chi connectivity index (χ1) is 10.1. The fourth-order valence-corrected chi connectivity index (χ4v) is 2.29. The van der Waals surface area contributed by atoms with Crippen LogP contribution in [0.2, 0.25) is 0 Å². The van der Waals surface area contributed by atoms with E-state index in [-0.39, 0.29) is 17.2 Å². The molecule has 0 spiro atoms. The van der Waals surface area contributed by atoms with Crippen LogP contribution in [0, 0.1) is 0 Å². The number of phenols is 3. The number of methoxy groups -OCH3 is 1. The van der Waals surface area contributed by atoms with Crippen LogP contribution < -0.4 is 9.47 Å². The summed E-state index contributed by atoms with van der Waals surface area (Å²) in [5, 5.41) is 29.1. The number of hydrogen-bond donors (Lipinski definition) is 3. The second kappa shape index (κ2) is 4.94. The van der Waals surface area contributed by atoms with Gasteiger partial charge in [0.1, 0.15) is 23.4 Å². The zero-order valence-electron chi connectivity index (χ0n) is 11.3. The predicted octanol–water partition coefficient (Wildman–Crippen LogP) is 2.96. The standard InChI is InChI=1S/C16H14O5/c1-20-15-4-2-9(6-13(15)19)14-5-3-11-12(18)7-10(17)8-16(11)21-14/h2-8,14,17-19H,1H3. The third-order valence-electron chi connectivity index (χ3n) is 3.33. The molecule has 0 saturated carbocycles. The number of benzene rings is 2. The molecule has 3 rings (SSSR count). The van der Waals surface area contributed by atoms with Gasteiger partial charge in [-0.2, -0.15) is 0 Å². The molecule has 1 aliphatic rings. The lowest BCUT2D eigenvalue weighted by Gasteiger charge is -2.23. The quantitative estimate of drug-likeness (QED) is 0.791. The molecule has 3 N–H and O–H groups in total. The lowest BCUT2D eigenvalue weighted by atomic mass is 10.0. The van der Waals surface area contributed by atoms with Crippen molar-refractivity contribution in [2.75, 3.05) is 7.11 Å². The highest BCUT2D eigenvalue weighted by Gasteiger charge is 2.20. The Balaban J connectivity index is 1.95. The van der Waals surface area contributed by atoms with Crippen LogP contribution in [0.25, 0.3) is 6.08 Å². The molecule has 1 atom stereocenters. The molecule has 2 aromatic carbocycles. The molecule has 1 unspecified atom stereocenters. The van der Waals surface area contributed by atoms with Gasteiger partial charge in [-0.15, -0.1) is 0 Å². The first-order valence-electron chi connectivity index (χ1n) is 6.36. The first-order valence-corrected chi connectivity index (χ1v) is 6.36. The van der Waals surface area contributed by atoms with E-state index < -0.39 is 6.10 Å². The molecule has 1 heterocycles. The second-order valence-electron chi connectivity index (χ2n) is 4.71. The molecule has 0 amide bonds. The Kier molecular flexibility index (Phi) is 3.10. The summed E-state index contributed by atoms with van der Waals surface area (Å²) < 4.78 is 10.7. The lowest BCUT2D eigenvalue weighted by molar-refractivity contribution is 0.248. The van der Waals surface area contributed by atoms with Gasteiger partial charge < -0.3 is 24.8 Å². The summed E-state index contributed by atoms with van der Waals surface area (Å²) in [7, 11) is 1.48. The Labute approximate surface area is 121 Å². The summed E-state index contributed by atoms with van der Waals surface area (Å²) in [5.74, 6) is 0.677. The summed E-state index contributed by atoms with van der Waals surface area (Å²) in [6.45, 7) is 0. The molecule has 108 valence electrons. The van der Waals surface area contributed by atoms with Gasteiger partial charge in [0.15, 0.2) is 11.5 Å². The van der Waals surface area contributed by atoms with Crippen molar-refractivity contribution in [1.29, 1.82) is 0 Å². The van der Waals surface area contributed by atoms with Gasteiger partial charge in [0, 0.05) is 17.7 Å². The molecule has 0 fully saturated rings. The van der Waals surface area contributed by atoms with Crippen LogP contribution in [0.4, 0.5) is 0 Å². The van der Waals surface area contributed by atoms with Crippen molar-refractivity contribution >= 4 is 6.08 Å². The SMILES string of the molecule is COc1ccc(C2C=Cc3c(O)cc(O)cc3O2)cc1O. The van der Waals surface area contributed by atoms with Crippen molar-refractivity contribution in [3.8, 4) is 28.7 Å². The largest absolute Gasteiger partial charge is 0.508 e. The average Bonchev–Trinajstić information content (AvgIpc) is 2.46. The smallest absolute Gasteiger partial charge is 0.160 e. The van der Waals surface area contributed by atoms with Crippen LogP contribution in [0.5, 0.6) is 28.7 Å². The summed E-state index contributed by atoms with van der Waals surface area (Å²) in [4.78, 5) is 0. The molecule has 0 radical (unpaired) electrons. The molecule has 0 aliphatic carbocycles. The van der Waals surface area contributed by atoms with Gasteiger partial charge in [-0.3, -0.25) is 0 Å². The topological polar surface area (TPSA) is 79.2 Å². The van der Waals surface area contributed by atoms with Gasteiger partial charge in [-0.25, -0.2) is 0 Å². The molecule has 2 aromatic rings. The minimum atomic E-state index is -0.421. The molecular formula is C16H14O5. The van der Waals surface area contributed by atoms with Gasteiger partial charge in [0.05, 0.1) is 12.7 Å². The minimum absolute atomic E-state index is 0.0246. The van der Waals surface area contributed by atoms with Crippen LogP contribution >= 0.6 is 0 Å². The predicted molar refractivity (Wildman–Crippen MR) is 76.8 cm³/mol. The number of rotatable bonds is 2. The summed E-state index contributed by atoms with van der Waals surface area (Å²) >= 11 is 0. The lowest BCUT2D eigenvalue weighted by Crippen LogP contribution is -2.09. The first kappa shape index (κ1) is 13.2. The summed E-state index contributed by atoms with van der Waals surface area (Å²) in [6.07, 6.45) is 3.07. The summed E-state index contributed by atoms with van der Waals surface area (Å²) in [5.41, 5.74) is 1.25. The van der Waals surface area contributed by atoms with Crippen molar-refractivity contribution in [2.45, 2.75) is 6.10 Å². The highest BCUT2D eigenvalue weighted by molar-refractivity contribution is 5.68. The summed E-state index contributed by atoms with van der Waals surface area (Å²) in [6, 6.07) is 7.68. The zero-order chi connectivity index (χ0) is 15.0. The molecular weight excluding hydrogens is 272 g/mol. The number of fused-ring (bicyclic) bond motifs is 1. The van der Waals surface area contributed by atoms with Crippen molar-refractivity contribution in [2.24, 2.45) is 0 Å². The number of aromatic hydroxyl groups is 3. The Morgan fingerprint density at radius 1 is 1.05 bits per heavy atom. The third kappa shape index (κ3) is 2.33. The third-order valence-corrected chi connectivity index (χ3v) is 3.33. The maximum absolute atomic E-state index is 9.82. The number of ether oxygens (including phenoxy) is 2. The normalized spacial score (nSPS) is 16.1. The highest BCUT2D eigenvalue weighted by atomic mass is 16.5. The van der Waals surface area contributed by atoms with Crippen molar-refractivity contribution < 1.29 is 24.8 Å². The van der Waals surface area contributed by atoms with E-state index >= 15 is 0 Å². The van der Waals surface area contributed by atoms with E-state index in [1.165, 1.54) is 19.2 Å². The van der Waals surface area contributed by atoms with Crippen molar-refractivity contribution in [3.63, 3.8) is 0 Å².